The normalized spacial score (nSPS) is 28.1. The van der Waals surface area contributed by atoms with Crippen molar-refractivity contribution in [3.05, 3.63) is 35.4 Å². The summed E-state index contributed by atoms with van der Waals surface area (Å²) in [6.45, 7) is 1.32. The fourth-order valence-electron chi connectivity index (χ4n) is 3.46. The molecule has 1 saturated carbocycles. The summed E-state index contributed by atoms with van der Waals surface area (Å²) in [7, 11) is 0. The van der Waals surface area contributed by atoms with E-state index in [0.29, 0.717) is 19.3 Å². The lowest BCUT2D eigenvalue weighted by Crippen LogP contribution is -2.55. The van der Waals surface area contributed by atoms with Gasteiger partial charge in [0.25, 0.3) is 0 Å². The van der Waals surface area contributed by atoms with E-state index < -0.39 is 5.54 Å². The Morgan fingerprint density at radius 3 is 2.79 bits per heavy atom. The van der Waals surface area contributed by atoms with Gasteiger partial charge in [0.2, 0.25) is 0 Å². The van der Waals surface area contributed by atoms with E-state index >= 15 is 0 Å². The highest BCUT2D eigenvalue weighted by Gasteiger charge is 2.38. The first-order valence-corrected chi connectivity index (χ1v) is 7.39. The maximum absolute atomic E-state index is 9.98. The SMILES string of the molecule is OCC1(NC2CCCCC2)COCc2ccccc21. The van der Waals surface area contributed by atoms with Crippen molar-refractivity contribution in [2.24, 2.45) is 0 Å². The summed E-state index contributed by atoms with van der Waals surface area (Å²) in [6, 6.07) is 8.83. The third-order valence-electron chi connectivity index (χ3n) is 4.49. The smallest absolute Gasteiger partial charge is 0.0911 e. The fraction of sp³-hybridized carbons (Fsp3) is 0.625. The molecule has 104 valence electrons. The molecule has 1 aromatic rings. The van der Waals surface area contributed by atoms with Gasteiger partial charge in [-0.2, -0.15) is 0 Å². The van der Waals surface area contributed by atoms with E-state index in [4.69, 9.17) is 4.74 Å². The predicted octanol–water partition coefficient (Wildman–Crippen LogP) is 2.33. The molecule has 3 nitrogen and oxygen atoms in total. The molecule has 2 N–H and O–H groups in total. The Balaban J connectivity index is 1.86. The Bertz CT molecular complexity index is 429. The first kappa shape index (κ1) is 13.1. The highest BCUT2D eigenvalue weighted by molar-refractivity contribution is 5.35. The van der Waals surface area contributed by atoms with Crippen LogP contribution in [0.15, 0.2) is 24.3 Å². The maximum Gasteiger partial charge on any atom is 0.0911 e. The zero-order valence-corrected chi connectivity index (χ0v) is 11.4. The van der Waals surface area contributed by atoms with E-state index in [1.807, 2.05) is 6.07 Å². The number of hydrogen-bond donors (Lipinski definition) is 2. The van der Waals surface area contributed by atoms with E-state index in [1.54, 1.807) is 0 Å². The van der Waals surface area contributed by atoms with Gasteiger partial charge in [0.1, 0.15) is 0 Å². The third kappa shape index (κ3) is 2.55. The Kier molecular flexibility index (Phi) is 3.87. The van der Waals surface area contributed by atoms with Crippen molar-refractivity contribution in [1.29, 1.82) is 0 Å². The fourth-order valence-corrected chi connectivity index (χ4v) is 3.46. The molecule has 2 aliphatic rings. The maximum atomic E-state index is 9.98. The Morgan fingerprint density at radius 2 is 2.00 bits per heavy atom. The molecule has 1 atom stereocenters. The molecule has 1 aromatic carbocycles. The third-order valence-corrected chi connectivity index (χ3v) is 4.49. The van der Waals surface area contributed by atoms with Crippen LogP contribution in [0.5, 0.6) is 0 Å². The van der Waals surface area contributed by atoms with Crippen LogP contribution >= 0.6 is 0 Å². The molecule has 1 aliphatic carbocycles. The summed E-state index contributed by atoms with van der Waals surface area (Å²) in [5, 5.41) is 13.7. The van der Waals surface area contributed by atoms with E-state index in [-0.39, 0.29) is 6.61 Å². The van der Waals surface area contributed by atoms with Crippen LogP contribution in [0, 0.1) is 0 Å². The molecule has 3 heteroatoms. The van der Waals surface area contributed by atoms with Crippen molar-refractivity contribution in [2.45, 2.75) is 50.3 Å². The van der Waals surface area contributed by atoms with Crippen molar-refractivity contribution >= 4 is 0 Å². The Labute approximate surface area is 115 Å². The minimum absolute atomic E-state index is 0.0977. The summed E-state index contributed by atoms with van der Waals surface area (Å²) in [5.41, 5.74) is 2.01. The molecule has 1 unspecified atom stereocenters. The molecule has 19 heavy (non-hydrogen) atoms. The molecular weight excluding hydrogens is 238 g/mol. The molecule has 0 spiro atoms. The molecule has 1 fully saturated rings. The average molecular weight is 261 g/mol. The van der Waals surface area contributed by atoms with Crippen molar-refractivity contribution < 1.29 is 9.84 Å². The zero-order valence-electron chi connectivity index (χ0n) is 11.4. The lowest BCUT2D eigenvalue weighted by atomic mass is 9.83. The molecule has 0 aromatic heterocycles. The van der Waals surface area contributed by atoms with Gasteiger partial charge in [0.15, 0.2) is 0 Å². The van der Waals surface area contributed by atoms with E-state index in [0.717, 1.165) is 0 Å². The lowest BCUT2D eigenvalue weighted by Gasteiger charge is -2.42. The van der Waals surface area contributed by atoms with Crippen molar-refractivity contribution in [3.63, 3.8) is 0 Å². The van der Waals surface area contributed by atoms with Crippen molar-refractivity contribution in [2.75, 3.05) is 13.2 Å². The molecule has 1 aliphatic heterocycles. The van der Waals surface area contributed by atoms with Crippen LogP contribution in [0.25, 0.3) is 0 Å². The molecule has 0 bridgehead atoms. The van der Waals surface area contributed by atoms with Crippen LogP contribution in [-0.2, 0) is 16.9 Å². The van der Waals surface area contributed by atoms with Crippen LogP contribution < -0.4 is 5.32 Å². The number of aliphatic hydroxyl groups excluding tert-OH is 1. The molecule has 1 heterocycles. The van der Waals surface area contributed by atoms with Gasteiger partial charge in [-0.05, 0) is 24.0 Å². The topological polar surface area (TPSA) is 41.5 Å². The van der Waals surface area contributed by atoms with Crippen LogP contribution in [0.1, 0.15) is 43.2 Å². The van der Waals surface area contributed by atoms with Gasteiger partial charge in [0, 0.05) is 6.04 Å². The van der Waals surface area contributed by atoms with Gasteiger partial charge in [-0.25, -0.2) is 0 Å². The summed E-state index contributed by atoms with van der Waals surface area (Å²) < 4.78 is 5.72. The molecule has 3 rings (SSSR count). The monoisotopic (exact) mass is 261 g/mol. The van der Waals surface area contributed by atoms with Gasteiger partial charge in [-0.3, -0.25) is 0 Å². The van der Waals surface area contributed by atoms with Crippen molar-refractivity contribution in [3.8, 4) is 0 Å². The van der Waals surface area contributed by atoms with Gasteiger partial charge >= 0.3 is 0 Å². The van der Waals surface area contributed by atoms with Gasteiger partial charge < -0.3 is 15.2 Å². The largest absolute Gasteiger partial charge is 0.394 e. The molecular formula is C16H23NO2. The number of fused-ring (bicyclic) bond motifs is 1. The summed E-state index contributed by atoms with van der Waals surface area (Å²) in [4.78, 5) is 0. The van der Waals surface area contributed by atoms with Gasteiger partial charge in [-0.1, -0.05) is 43.5 Å². The molecule has 0 saturated heterocycles. The van der Waals surface area contributed by atoms with Gasteiger partial charge in [0.05, 0.1) is 25.4 Å². The average Bonchev–Trinajstić information content (AvgIpc) is 2.49. The summed E-state index contributed by atoms with van der Waals surface area (Å²) in [5.74, 6) is 0. The molecule has 0 radical (unpaired) electrons. The Morgan fingerprint density at radius 1 is 1.21 bits per heavy atom. The Hall–Kier alpha value is -0.900. The minimum atomic E-state index is -0.406. The first-order valence-electron chi connectivity index (χ1n) is 7.39. The molecule has 0 amide bonds. The second-order valence-corrected chi connectivity index (χ2v) is 5.87. The van der Waals surface area contributed by atoms with E-state index in [1.165, 1.54) is 43.2 Å². The first-order chi connectivity index (χ1) is 9.34. The van der Waals surface area contributed by atoms with Crippen LogP contribution in [0.4, 0.5) is 0 Å². The number of hydrogen-bond acceptors (Lipinski definition) is 3. The second-order valence-electron chi connectivity index (χ2n) is 5.87. The highest BCUT2D eigenvalue weighted by atomic mass is 16.5. The minimum Gasteiger partial charge on any atom is -0.394 e. The standard InChI is InChI=1S/C16H23NO2/c18-11-16(17-14-7-2-1-3-8-14)12-19-10-13-6-4-5-9-15(13)16/h4-6,9,14,17-18H,1-3,7-8,10-12H2. The van der Waals surface area contributed by atoms with Crippen LogP contribution in [0.2, 0.25) is 0 Å². The highest BCUT2D eigenvalue weighted by Crippen LogP contribution is 2.32. The zero-order chi connectivity index (χ0) is 13.1. The van der Waals surface area contributed by atoms with Gasteiger partial charge in [-0.15, -0.1) is 0 Å². The van der Waals surface area contributed by atoms with E-state index in [9.17, 15) is 5.11 Å². The number of benzene rings is 1. The van der Waals surface area contributed by atoms with Crippen molar-refractivity contribution in [1.82, 2.24) is 5.32 Å². The second kappa shape index (κ2) is 5.61. The van der Waals surface area contributed by atoms with Crippen LogP contribution in [-0.4, -0.2) is 24.4 Å². The summed E-state index contributed by atoms with van der Waals surface area (Å²) in [6.07, 6.45) is 6.36. The van der Waals surface area contributed by atoms with E-state index in [2.05, 4.69) is 23.5 Å². The van der Waals surface area contributed by atoms with Crippen LogP contribution in [0.3, 0.4) is 0 Å². The summed E-state index contributed by atoms with van der Waals surface area (Å²) >= 11 is 0. The number of rotatable bonds is 3. The number of aliphatic hydroxyl groups is 1. The number of nitrogens with one attached hydrogen (secondary N) is 1. The quantitative estimate of drug-likeness (QED) is 0.877. The number of ether oxygens (including phenoxy) is 1. The predicted molar refractivity (Wildman–Crippen MR) is 74.9 cm³/mol. The lowest BCUT2D eigenvalue weighted by molar-refractivity contribution is -0.000991.